The third-order valence-electron chi connectivity index (χ3n) is 2.24. The molecular formula is C12H13ClN2S. The van der Waals surface area contributed by atoms with E-state index < -0.39 is 0 Å². The Labute approximate surface area is 104 Å². The van der Waals surface area contributed by atoms with Crippen LogP contribution in [0.2, 0.25) is 0 Å². The van der Waals surface area contributed by atoms with E-state index in [1.54, 1.807) is 11.3 Å². The molecular weight excluding hydrogens is 240 g/mol. The minimum absolute atomic E-state index is 0.466. The summed E-state index contributed by atoms with van der Waals surface area (Å²) in [5.41, 5.74) is 3.36. The van der Waals surface area contributed by atoms with Gasteiger partial charge in [-0.25, -0.2) is 4.98 Å². The van der Waals surface area contributed by atoms with Gasteiger partial charge in [-0.15, -0.1) is 22.9 Å². The zero-order valence-corrected chi connectivity index (χ0v) is 10.6. The van der Waals surface area contributed by atoms with Crippen molar-refractivity contribution in [2.45, 2.75) is 19.2 Å². The number of thiazole rings is 1. The molecule has 84 valence electrons. The molecule has 1 aromatic heterocycles. The van der Waals surface area contributed by atoms with Crippen LogP contribution in [0.5, 0.6) is 0 Å². The minimum atomic E-state index is 0.466. The van der Waals surface area contributed by atoms with Gasteiger partial charge in [0, 0.05) is 11.1 Å². The standard InChI is InChI=1S/C12H13ClN2S/c1-9-3-2-4-10(6-5-9)14-12-15-11(7-13)8-16-12/h2-4,6,8H,5,7H2,1H3,(H,14,15). The number of hydrogen-bond acceptors (Lipinski definition) is 3. The Hall–Kier alpha value is -1.06. The lowest BCUT2D eigenvalue weighted by molar-refractivity contribution is 1.19. The molecule has 0 aliphatic heterocycles. The molecule has 0 atom stereocenters. The van der Waals surface area contributed by atoms with Crippen LogP contribution in [0, 0.1) is 0 Å². The lowest BCUT2D eigenvalue weighted by atomic mass is 10.2. The Balaban J connectivity index is 2.05. The Morgan fingerprint density at radius 1 is 1.56 bits per heavy atom. The Kier molecular flexibility index (Phi) is 3.80. The van der Waals surface area contributed by atoms with Crippen molar-refractivity contribution in [2.75, 3.05) is 5.32 Å². The van der Waals surface area contributed by atoms with Gasteiger partial charge in [0.25, 0.3) is 0 Å². The van der Waals surface area contributed by atoms with Crippen LogP contribution < -0.4 is 5.32 Å². The third kappa shape index (κ3) is 2.97. The number of allylic oxidation sites excluding steroid dienone is 5. The fourth-order valence-electron chi connectivity index (χ4n) is 1.37. The highest BCUT2D eigenvalue weighted by Crippen LogP contribution is 2.20. The van der Waals surface area contributed by atoms with E-state index in [-0.39, 0.29) is 0 Å². The van der Waals surface area contributed by atoms with E-state index in [0.717, 1.165) is 22.9 Å². The highest BCUT2D eigenvalue weighted by atomic mass is 35.5. The Bertz CT molecular complexity index is 457. The van der Waals surface area contributed by atoms with Crippen LogP contribution in [0.25, 0.3) is 0 Å². The smallest absolute Gasteiger partial charge is 0.187 e. The summed E-state index contributed by atoms with van der Waals surface area (Å²) < 4.78 is 0. The first-order chi connectivity index (χ1) is 7.78. The molecule has 4 heteroatoms. The second kappa shape index (κ2) is 5.32. The fourth-order valence-corrected chi connectivity index (χ4v) is 2.32. The SMILES string of the molecule is CC1=CC=CC(Nc2nc(CCl)cs2)=CC1. The monoisotopic (exact) mass is 252 g/mol. The Morgan fingerprint density at radius 3 is 3.19 bits per heavy atom. The summed E-state index contributed by atoms with van der Waals surface area (Å²) in [6.45, 7) is 2.12. The van der Waals surface area contributed by atoms with Crippen LogP contribution in [0.3, 0.4) is 0 Å². The van der Waals surface area contributed by atoms with Gasteiger partial charge in [0.05, 0.1) is 11.6 Å². The van der Waals surface area contributed by atoms with E-state index >= 15 is 0 Å². The summed E-state index contributed by atoms with van der Waals surface area (Å²) in [6.07, 6.45) is 9.37. The summed E-state index contributed by atoms with van der Waals surface area (Å²) in [5, 5.41) is 6.15. The quantitative estimate of drug-likeness (QED) is 0.820. The normalized spacial score (nSPS) is 15.4. The highest BCUT2D eigenvalue weighted by Gasteiger charge is 2.02. The molecule has 1 heterocycles. The van der Waals surface area contributed by atoms with Crippen molar-refractivity contribution in [1.82, 2.24) is 4.98 Å². The van der Waals surface area contributed by atoms with E-state index in [4.69, 9.17) is 11.6 Å². The topological polar surface area (TPSA) is 24.9 Å². The lowest BCUT2D eigenvalue weighted by Crippen LogP contribution is -1.96. The van der Waals surface area contributed by atoms with E-state index in [1.165, 1.54) is 5.57 Å². The number of halogens is 1. The first-order valence-electron chi connectivity index (χ1n) is 5.09. The van der Waals surface area contributed by atoms with Gasteiger partial charge in [-0.1, -0.05) is 23.8 Å². The molecule has 2 nitrogen and oxygen atoms in total. The predicted molar refractivity (Wildman–Crippen MR) is 70.9 cm³/mol. The molecule has 1 aliphatic rings. The molecule has 0 amide bonds. The van der Waals surface area contributed by atoms with E-state index in [0.29, 0.717) is 5.88 Å². The molecule has 1 aromatic rings. The van der Waals surface area contributed by atoms with Gasteiger partial charge in [0.1, 0.15) is 0 Å². The van der Waals surface area contributed by atoms with Crippen molar-refractivity contribution < 1.29 is 0 Å². The molecule has 0 bridgehead atoms. The molecule has 0 radical (unpaired) electrons. The highest BCUT2D eigenvalue weighted by molar-refractivity contribution is 7.13. The van der Waals surface area contributed by atoms with Gasteiger partial charge in [-0.3, -0.25) is 0 Å². The number of anilines is 1. The van der Waals surface area contributed by atoms with Crippen LogP contribution >= 0.6 is 22.9 Å². The van der Waals surface area contributed by atoms with Gasteiger partial charge in [0.15, 0.2) is 5.13 Å². The summed E-state index contributed by atoms with van der Waals surface area (Å²) in [7, 11) is 0. The number of nitrogens with zero attached hydrogens (tertiary/aromatic N) is 1. The molecule has 0 spiro atoms. The molecule has 16 heavy (non-hydrogen) atoms. The molecule has 2 rings (SSSR count). The molecule has 0 aromatic carbocycles. The maximum Gasteiger partial charge on any atom is 0.187 e. The molecule has 0 saturated heterocycles. The van der Waals surface area contributed by atoms with Crippen LogP contribution in [-0.4, -0.2) is 4.98 Å². The average Bonchev–Trinajstić information content (AvgIpc) is 2.63. The van der Waals surface area contributed by atoms with Gasteiger partial charge >= 0.3 is 0 Å². The van der Waals surface area contributed by atoms with Crippen LogP contribution in [0.1, 0.15) is 19.0 Å². The molecule has 0 unspecified atom stereocenters. The summed E-state index contributed by atoms with van der Waals surface area (Å²) in [4.78, 5) is 4.36. The average molecular weight is 253 g/mol. The molecule has 0 fully saturated rings. The first-order valence-corrected chi connectivity index (χ1v) is 6.51. The van der Waals surface area contributed by atoms with Gasteiger partial charge in [-0.05, 0) is 19.4 Å². The summed E-state index contributed by atoms with van der Waals surface area (Å²) in [6, 6.07) is 0. The van der Waals surface area contributed by atoms with Crippen molar-refractivity contribution in [3.63, 3.8) is 0 Å². The second-order valence-electron chi connectivity index (χ2n) is 3.64. The minimum Gasteiger partial charge on any atom is -0.332 e. The maximum absolute atomic E-state index is 5.71. The molecule has 0 saturated carbocycles. The van der Waals surface area contributed by atoms with Crippen molar-refractivity contribution in [3.05, 3.63) is 46.6 Å². The van der Waals surface area contributed by atoms with Gasteiger partial charge < -0.3 is 5.32 Å². The number of rotatable bonds is 3. The first kappa shape index (κ1) is 11.4. The van der Waals surface area contributed by atoms with Crippen molar-refractivity contribution in [3.8, 4) is 0 Å². The number of alkyl halides is 1. The van der Waals surface area contributed by atoms with Crippen molar-refractivity contribution in [1.29, 1.82) is 0 Å². The van der Waals surface area contributed by atoms with E-state index in [1.807, 2.05) is 5.38 Å². The largest absolute Gasteiger partial charge is 0.332 e. The van der Waals surface area contributed by atoms with E-state index in [2.05, 4.69) is 41.5 Å². The predicted octanol–water partition coefficient (Wildman–Crippen LogP) is 4.08. The van der Waals surface area contributed by atoms with E-state index in [9.17, 15) is 0 Å². The van der Waals surface area contributed by atoms with Crippen LogP contribution in [-0.2, 0) is 5.88 Å². The molecule has 1 aliphatic carbocycles. The van der Waals surface area contributed by atoms with Crippen LogP contribution in [0.4, 0.5) is 5.13 Å². The Morgan fingerprint density at radius 2 is 2.44 bits per heavy atom. The second-order valence-corrected chi connectivity index (χ2v) is 4.76. The number of nitrogens with one attached hydrogen (secondary N) is 1. The fraction of sp³-hybridized carbons (Fsp3) is 0.250. The summed E-state index contributed by atoms with van der Waals surface area (Å²) in [5.74, 6) is 0.466. The van der Waals surface area contributed by atoms with Gasteiger partial charge in [-0.2, -0.15) is 0 Å². The van der Waals surface area contributed by atoms with Crippen molar-refractivity contribution in [2.24, 2.45) is 0 Å². The number of hydrogen-bond donors (Lipinski definition) is 1. The summed E-state index contributed by atoms with van der Waals surface area (Å²) >= 11 is 7.28. The zero-order chi connectivity index (χ0) is 11.4. The van der Waals surface area contributed by atoms with Crippen molar-refractivity contribution >= 4 is 28.1 Å². The number of aromatic nitrogens is 1. The zero-order valence-electron chi connectivity index (χ0n) is 9.03. The molecule has 1 N–H and O–H groups in total. The lowest BCUT2D eigenvalue weighted by Gasteiger charge is -2.02. The van der Waals surface area contributed by atoms with Crippen LogP contribution in [0.15, 0.2) is 41.0 Å². The maximum atomic E-state index is 5.71. The third-order valence-corrected chi connectivity index (χ3v) is 3.32. The van der Waals surface area contributed by atoms with Gasteiger partial charge in [0.2, 0.25) is 0 Å².